The van der Waals surface area contributed by atoms with Crippen LogP contribution in [0.4, 0.5) is 0 Å². The third-order valence-electron chi connectivity index (χ3n) is 5.55. The molecule has 6 nitrogen and oxygen atoms in total. The third-order valence-corrected chi connectivity index (χ3v) is 5.55. The monoisotopic (exact) mass is 408 g/mol. The Morgan fingerprint density at radius 2 is 1.60 bits per heavy atom. The first-order valence-corrected chi connectivity index (χ1v) is 10.3. The molecular formula is C24H28N2O4. The summed E-state index contributed by atoms with van der Waals surface area (Å²) < 4.78 is 4.86. The molecule has 158 valence electrons. The highest BCUT2D eigenvalue weighted by atomic mass is 16.5. The van der Waals surface area contributed by atoms with Crippen LogP contribution in [0.2, 0.25) is 0 Å². The van der Waals surface area contributed by atoms with Crippen molar-refractivity contribution in [3.8, 4) is 0 Å². The molecule has 1 aliphatic heterocycles. The maximum absolute atomic E-state index is 12.8. The second kappa shape index (κ2) is 10.6. The van der Waals surface area contributed by atoms with Gasteiger partial charge in [-0.25, -0.2) is 4.79 Å². The number of carbonyl (C=O) groups excluding carboxylic acids is 3. The fraction of sp³-hybridized carbons (Fsp3) is 0.375. The molecule has 1 heterocycles. The van der Waals surface area contributed by atoms with Gasteiger partial charge >= 0.3 is 5.97 Å². The molecule has 0 aliphatic carbocycles. The number of piperidine rings is 1. The zero-order valence-corrected chi connectivity index (χ0v) is 17.3. The van der Waals surface area contributed by atoms with E-state index in [4.69, 9.17) is 4.74 Å². The zero-order chi connectivity index (χ0) is 21.3. The Labute approximate surface area is 177 Å². The van der Waals surface area contributed by atoms with Crippen LogP contribution in [0.15, 0.2) is 60.7 Å². The molecule has 0 aromatic heterocycles. The van der Waals surface area contributed by atoms with Crippen LogP contribution >= 0.6 is 0 Å². The van der Waals surface area contributed by atoms with Crippen LogP contribution in [-0.2, 0) is 25.5 Å². The highest BCUT2D eigenvalue weighted by Gasteiger charge is 2.31. The number of rotatable bonds is 7. The van der Waals surface area contributed by atoms with Crippen molar-refractivity contribution in [1.29, 1.82) is 0 Å². The van der Waals surface area contributed by atoms with Crippen LogP contribution in [0, 0.1) is 5.92 Å². The summed E-state index contributed by atoms with van der Waals surface area (Å²) in [6.07, 6.45) is 2.37. The molecule has 0 saturated carbocycles. The molecule has 6 heteroatoms. The lowest BCUT2D eigenvalue weighted by molar-refractivity contribution is -0.146. The quantitative estimate of drug-likeness (QED) is 0.715. The molecule has 2 aromatic carbocycles. The van der Waals surface area contributed by atoms with Crippen molar-refractivity contribution < 1.29 is 19.1 Å². The van der Waals surface area contributed by atoms with Gasteiger partial charge in [0, 0.05) is 25.4 Å². The number of methoxy groups -OCH3 is 1. The highest BCUT2D eigenvalue weighted by Crippen LogP contribution is 2.21. The highest BCUT2D eigenvalue weighted by molar-refractivity contribution is 5.87. The maximum atomic E-state index is 12.8. The lowest BCUT2D eigenvalue weighted by atomic mass is 9.94. The second-order valence-electron chi connectivity index (χ2n) is 7.52. The molecule has 0 spiro atoms. The SMILES string of the molecule is COC(=O)C(NC(=O)C1CCN(C(=O)CCc2ccccc2)CC1)c1ccccc1. The minimum absolute atomic E-state index is 0.120. The van der Waals surface area contributed by atoms with Gasteiger partial charge in [-0.05, 0) is 30.4 Å². The summed E-state index contributed by atoms with van der Waals surface area (Å²) in [7, 11) is 1.31. The number of esters is 1. The first-order valence-electron chi connectivity index (χ1n) is 10.3. The van der Waals surface area contributed by atoms with E-state index in [1.54, 1.807) is 12.1 Å². The van der Waals surface area contributed by atoms with Gasteiger partial charge < -0.3 is 15.0 Å². The van der Waals surface area contributed by atoms with Gasteiger partial charge in [0.1, 0.15) is 0 Å². The smallest absolute Gasteiger partial charge is 0.333 e. The van der Waals surface area contributed by atoms with Crippen LogP contribution in [0.1, 0.15) is 36.4 Å². The average Bonchev–Trinajstić information content (AvgIpc) is 2.81. The van der Waals surface area contributed by atoms with Crippen molar-refractivity contribution in [3.05, 3.63) is 71.8 Å². The summed E-state index contributed by atoms with van der Waals surface area (Å²) in [4.78, 5) is 39.3. The number of carbonyl (C=O) groups is 3. The molecule has 0 bridgehead atoms. The lowest BCUT2D eigenvalue weighted by Crippen LogP contribution is -2.45. The third kappa shape index (κ3) is 5.69. The predicted molar refractivity (Wildman–Crippen MR) is 113 cm³/mol. The summed E-state index contributed by atoms with van der Waals surface area (Å²) in [5, 5.41) is 2.83. The van der Waals surface area contributed by atoms with Crippen molar-refractivity contribution in [2.75, 3.05) is 20.2 Å². The van der Waals surface area contributed by atoms with E-state index >= 15 is 0 Å². The number of nitrogens with one attached hydrogen (secondary N) is 1. The predicted octanol–water partition coefficient (Wildman–Crippen LogP) is 2.89. The standard InChI is InChI=1S/C24H28N2O4/c1-30-24(29)22(19-10-6-3-7-11-19)25-23(28)20-14-16-26(17-15-20)21(27)13-12-18-8-4-2-5-9-18/h2-11,20,22H,12-17H2,1H3,(H,25,28). The van der Waals surface area contributed by atoms with Crippen LogP contribution in [0.25, 0.3) is 0 Å². The number of amides is 2. The molecule has 0 radical (unpaired) electrons. The van der Waals surface area contributed by atoms with Gasteiger partial charge in [-0.1, -0.05) is 60.7 Å². The number of nitrogens with zero attached hydrogens (tertiary/aromatic N) is 1. The van der Waals surface area contributed by atoms with Crippen LogP contribution in [-0.4, -0.2) is 42.9 Å². The minimum Gasteiger partial charge on any atom is -0.467 e. The molecule has 1 atom stereocenters. The summed E-state index contributed by atoms with van der Waals surface area (Å²) >= 11 is 0. The molecule has 1 saturated heterocycles. The molecule has 30 heavy (non-hydrogen) atoms. The van der Waals surface area contributed by atoms with E-state index in [2.05, 4.69) is 5.32 Å². The Bertz CT molecular complexity index is 846. The van der Waals surface area contributed by atoms with E-state index in [1.807, 2.05) is 53.4 Å². The Balaban J connectivity index is 1.50. The average molecular weight is 408 g/mol. The van der Waals surface area contributed by atoms with Gasteiger partial charge in [0.15, 0.2) is 6.04 Å². The number of benzene rings is 2. The van der Waals surface area contributed by atoms with Gasteiger partial charge in [-0.2, -0.15) is 0 Å². The zero-order valence-electron chi connectivity index (χ0n) is 17.3. The van der Waals surface area contributed by atoms with Crippen molar-refractivity contribution in [2.24, 2.45) is 5.92 Å². The van der Waals surface area contributed by atoms with E-state index in [0.717, 1.165) is 12.0 Å². The Morgan fingerprint density at radius 3 is 2.20 bits per heavy atom. The van der Waals surface area contributed by atoms with Gasteiger partial charge in [-0.15, -0.1) is 0 Å². The van der Waals surface area contributed by atoms with Crippen molar-refractivity contribution in [2.45, 2.75) is 31.7 Å². The summed E-state index contributed by atoms with van der Waals surface area (Å²) in [6.45, 7) is 1.11. The van der Waals surface area contributed by atoms with Crippen LogP contribution in [0.3, 0.4) is 0 Å². The fourth-order valence-corrected chi connectivity index (χ4v) is 3.75. The second-order valence-corrected chi connectivity index (χ2v) is 7.52. The summed E-state index contributed by atoms with van der Waals surface area (Å²) in [5.74, 6) is -0.776. The minimum atomic E-state index is -0.825. The Morgan fingerprint density at radius 1 is 1.00 bits per heavy atom. The molecular weight excluding hydrogens is 380 g/mol. The van der Waals surface area contributed by atoms with Gasteiger partial charge in [0.2, 0.25) is 11.8 Å². The number of hydrogen-bond donors (Lipinski definition) is 1. The molecule has 3 rings (SSSR count). The van der Waals surface area contributed by atoms with Crippen LogP contribution < -0.4 is 5.32 Å². The largest absolute Gasteiger partial charge is 0.467 e. The summed E-state index contributed by atoms with van der Waals surface area (Å²) in [5.41, 5.74) is 1.83. The van der Waals surface area contributed by atoms with Crippen molar-refractivity contribution in [1.82, 2.24) is 10.2 Å². The van der Waals surface area contributed by atoms with Gasteiger partial charge in [0.05, 0.1) is 7.11 Å². The number of likely N-dealkylation sites (tertiary alicyclic amines) is 1. The van der Waals surface area contributed by atoms with Gasteiger partial charge in [0.25, 0.3) is 0 Å². The first-order chi connectivity index (χ1) is 14.6. The molecule has 2 amide bonds. The van der Waals surface area contributed by atoms with E-state index < -0.39 is 12.0 Å². The Kier molecular flexibility index (Phi) is 7.60. The molecule has 1 unspecified atom stereocenters. The molecule has 2 aromatic rings. The molecule has 1 N–H and O–H groups in total. The molecule has 1 aliphatic rings. The number of ether oxygens (including phenoxy) is 1. The lowest BCUT2D eigenvalue weighted by Gasteiger charge is -2.32. The van der Waals surface area contributed by atoms with E-state index in [1.165, 1.54) is 7.11 Å². The normalized spacial score (nSPS) is 15.3. The number of aryl methyl sites for hydroxylation is 1. The Hall–Kier alpha value is -3.15. The summed E-state index contributed by atoms with van der Waals surface area (Å²) in [6, 6.07) is 18.2. The van der Waals surface area contributed by atoms with Gasteiger partial charge in [-0.3, -0.25) is 9.59 Å². The molecule has 1 fully saturated rings. The number of hydrogen-bond acceptors (Lipinski definition) is 4. The topological polar surface area (TPSA) is 75.7 Å². The van der Waals surface area contributed by atoms with E-state index in [9.17, 15) is 14.4 Å². The van der Waals surface area contributed by atoms with Crippen molar-refractivity contribution in [3.63, 3.8) is 0 Å². The van der Waals surface area contributed by atoms with Crippen LogP contribution in [0.5, 0.6) is 0 Å². The maximum Gasteiger partial charge on any atom is 0.333 e. The van der Waals surface area contributed by atoms with E-state index in [-0.39, 0.29) is 17.7 Å². The van der Waals surface area contributed by atoms with E-state index in [0.29, 0.717) is 37.9 Å². The van der Waals surface area contributed by atoms with Crippen molar-refractivity contribution >= 4 is 17.8 Å². The fourth-order valence-electron chi connectivity index (χ4n) is 3.75. The first kappa shape index (κ1) is 21.6.